The Balaban J connectivity index is 1.47. The molecule has 2 bridgehead atoms. The first-order valence-corrected chi connectivity index (χ1v) is 7.74. The highest BCUT2D eigenvalue weighted by Crippen LogP contribution is 2.37. The van der Waals surface area contributed by atoms with Crippen LogP contribution in [0.2, 0.25) is 0 Å². The van der Waals surface area contributed by atoms with E-state index < -0.39 is 0 Å². The molecule has 24 heavy (non-hydrogen) atoms. The number of hydrogen-bond acceptors (Lipinski definition) is 8. The summed E-state index contributed by atoms with van der Waals surface area (Å²) in [5.74, 6) is 1.54. The lowest BCUT2D eigenvalue weighted by Crippen LogP contribution is -2.47. The fraction of sp³-hybridized carbons (Fsp3) is 0.333. The lowest BCUT2D eigenvalue weighted by Gasteiger charge is -2.35. The molecule has 0 aromatic carbocycles. The van der Waals surface area contributed by atoms with Crippen LogP contribution in [0.25, 0.3) is 5.65 Å². The van der Waals surface area contributed by atoms with Gasteiger partial charge in [-0.15, -0.1) is 10.2 Å². The van der Waals surface area contributed by atoms with Crippen molar-refractivity contribution < 1.29 is 0 Å². The number of hydrogen-bond donors (Lipinski definition) is 0. The van der Waals surface area contributed by atoms with Gasteiger partial charge in [-0.1, -0.05) is 0 Å². The second kappa shape index (κ2) is 4.86. The third-order valence-corrected chi connectivity index (χ3v) is 4.77. The third-order valence-electron chi connectivity index (χ3n) is 4.77. The summed E-state index contributed by atoms with van der Waals surface area (Å²) in [6.45, 7) is 1.63. The minimum atomic E-state index is 0.295. The SMILES string of the molecule is N#Cc1nccnc1N1CC2CC1CN2c1nccn2cnnc12. The topological polar surface area (TPSA) is 99.1 Å². The van der Waals surface area contributed by atoms with Crippen molar-refractivity contribution in [1.29, 1.82) is 5.26 Å². The Kier molecular flexibility index (Phi) is 2.67. The molecule has 0 aliphatic carbocycles. The first-order chi connectivity index (χ1) is 11.8. The molecule has 2 saturated heterocycles. The summed E-state index contributed by atoms with van der Waals surface area (Å²) in [6, 6.07) is 2.75. The van der Waals surface area contributed by atoms with E-state index in [-0.39, 0.29) is 0 Å². The van der Waals surface area contributed by atoms with Gasteiger partial charge >= 0.3 is 0 Å². The third kappa shape index (κ3) is 1.76. The van der Waals surface area contributed by atoms with Gasteiger partial charge in [0.1, 0.15) is 12.4 Å². The van der Waals surface area contributed by atoms with Crippen molar-refractivity contribution >= 4 is 17.3 Å². The van der Waals surface area contributed by atoms with E-state index in [1.807, 2.05) is 10.6 Å². The highest BCUT2D eigenvalue weighted by atomic mass is 15.4. The van der Waals surface area contributed by atoms with E-state index in [1.54, 1.807) is 24.9 Å². The molecule has 5 rings (SSSR count). The Morgan fingerprint density at radius 1 is 1.00 bits per heavy atom. The Morgan fingerprint density at radius 2 is 1.75 bits per heavy atom. The zero-order valence-corrected chi connectivity index (χ0v) is 12.7. The molecule has 0 N–H and O–H groups in total. The Morgan fingerprint density at radius 3 is 2.54 bits per heavy atom. The van der Waals surface area contributed by atoms with E-state index in [1.165, 1.54) is 0 Å². The van der Waals surface area contributed by atoms with Crippen LogP contribution in [0.5, 0.6) is 0 Å². The molecule has 2 aliphatic rings. The van der Waals surface area contributed by atoms with Crippen molar-refractivity contribution in [3.05, 3.63) is 36.8 Å². The molecule has 2 atom stereocenters. The van der Waals surface area contributed by atoms with E-state index in [0.717, 1.165) is 31.0 Å². The summed E-state index contributed by atoms with van der Waals surface area (Å²) in [6.07, 6.45) is 9.50. The summed E-state index contributed by atoms with van der Waals surface area (Å²) in [4.78, 5) is 17.5. The van der Waals surface area contributed by atoms with Gasteiger partial charge in [0, 0.05) is 37.9 Å². The maximum absolute atomic E-state index is 9.26. The second-order valence-electron chi connectivity index (χ2n) is 6.00. The van der Waals surface area contributed by atoms with Crippen molar-refractivity contribution in [1.82, 2.24) is 29.5 Å². The van der Waals surface area contributed by atoms with Gasteiger partial charge in [0.05, 0.1) is 12.1 Å². The van der Waals surface area contributed by atoms with Gasteiger partial charge in [-0.2, -0.15) is 5.26 Å². The van der Waals surface area contributed by atoms with E-state index >= 15 is 0 Å². The standard InChI is InChI=1S/C15H13N9/c16-6-12-13(18-2-1-17-12)23-7-11-5-10(23)8-24(11)14-15-21-20-9-22(15)4-3-19-14/h1-4,9-11H,5,7-8H2. The number of piperazine rings is 1. The number of nitriles is 1. The molecule has 0 saturated carbocycles. The fourth-order valence-electron chi connectivity index (χ4n) is 3.75. The first kappa shape index (κ1) is 13.2. The number of aromatic nitrogens is 6. The largest absolute Gasteiger partial charge is 0.347 e. The number of nitrogens with zero attached hydrogens (tertiary/aromatic N) is 9. The average molecular weight is 319 g/mol. The summed E-state index contributed by atoms with van der Waals surface area (Å²) in [5, 5.41) is 17.4. The Hall–Kier alpha value is -3.28. The zero-order chi connectivity index (χ0) is 16.1. The van der Waals surface area contributed by atoms with Crippen molar-refractivity contribution in [3.8, 4) is 6.07 Å². The molecule has 9 heteroatoms. The summed E-state index contributed by atoms with van der Waals surface area (Å²) in [5.41, 5.74) is 1.16. The molecule has 3 aromatic heterocycles. The van der Waals surface area contributed by atoms with E-state index in [9.17, 15) is 5.26 Å². The van der Waals surface area contributed by atoms with Crippen molar-refractivity contribution in [3.63, 3.8) is 0 Å². The van der Waals surface area contributed by atoms with Crippen LogP contribution in [0, 0.1) is 11.3 Å². The molecular formula is C15H13N9. The zero-order valence-electron chi connectivity index (χ0n) is 12.7. The molecule has 2 fully saturated rings. The smallest absolute Gasteiger partial charge is 0.203 e. The molecule has 3 aromatic rings. The van der Waals surface area contributed by atoms with Gasteiger partial charge in [-0.3, -0.25) is 4.40 Å². The molecule has 0 radical (unpaired) electrons. The monoisotopic (exact) mass is 319 g/mol. The first-order valence-electron chi connectivity index (χ1n) is 7.74. The van der Waals surface area contributed by atoms with E-state index in [4.69, 9.17) is 0 Å². The lowest BCUT2D eigenvalue weighted by molar-refractivity contribution is 0.633. The predicted molar refractivity (Wildman–Crippen MR) is 84.4 cm³/mol. The van der Waals surface area contributed by atoms with Gasteiger partial charge in [0.2, 0.25) is 5.65 Å². The van der Waals surface area contributed by atoms with Crippen LogP contribution in [0.15, 0.2) is 31.1 Å². The summed E-state index contributed by atoms with van der Waals surface area (Å²) < 4.78 is 1.88. The maximum Gasteiger partial charge on any atom is 0.203 e. The van der Waals surface area contributed by atoms with Gasteiger partial charge in [0.25, 0.3) is 0 Å². The average Bonchev–Trinajstić information content (AvgIpc) is 3.35. The lowest BCUT2D eigenvalue weighted by atomic mass is 10.2. The number of rotatable bonds is 2. The van der Waals surface area contributed by atoms with Crippen LogP contribution in [-0.4, -0.2) is 54.7 Å². The minimum Gasteiger partial charge on any atom is -0.347 e. The van der Waals surface area contributed by atoms with Gasteiger partial charge < -0.3 is 9.80 Å². The molecular weight excluding hydrogens is 306 g/mol. The maximum atomic E-state index is 9.26. The second-order valence-corrected chi connectivity index (χ2v) is 6.00. The molecule has 2 aliphatic heterocycles. The van der Waals surface area contributed by atoms with Crippen molar-refractivity contribution in [2.24, 2.45) is 0 Å². The van der Waals surface area contributed by atoms with Crippen LogP contribution in [-0.2, 0) is 0 Å². The van der Waals surface area contributed by atoms with Gasteiger partial charge in [-0.05, 0) is 6.42 Å². The highest BCUT2D eigenvalue weighted by molar-refractivity contribution is 5.66. The van der Waals surface area contributed by atoms with Gasteiger partial charge in [-0.25, -0.2) is 15.0 Å². The fourth-order valence-corrected chi connectivity index (χ4v) is 3.75. The van der Waals surface area contributed by atoms with Crippen molar-refractivity contribution in [2.45, 2.75) is 18.5 Å². The Labute approximate surface area is 137 Å². The Bertz CT molecular complexity index is 959. The molecule has 0 amide bonds. The summed E-state index contributed by atoms with van der Waals surface area (Å²) in [7, 11) is 0. The number of fused-ring (bicyclic) bond motifs is 3. The predicted octanol–water partition coefficient (Wildman–Crippen LogP) is 0.253. The molecule has 2 unspecified atom stereocenters. The number of anilines is 2. The summed E-state index contributed by atoms with van der Waals surface area (Å²) >= 11 is 0. The van der Waals surface area contributed by atoms with Crippen LogP contribution >= 0.6 is 0 Å². The normalized spacial score (nSPS) is 22.3. The van der Waals surface area contributed by atoms with E-state index in [2.05, 4.69) is 41.0 Å². The van der Waals surface area contributed by atoms with Crippen LogP contribution < -0.4 is 9.80 Å². The minimum absolute atomic E-state index is 0.295. The van der Waals surface area contributed by atoms with Crippen LogP contribution in [0.4, 0.5) is 11.6 Å². The van der Waals surface area contributed by atoms with E-state index in [0.29, 0.717) is 23.6 Å². The molecule has 0 spiro atoms. The van der Waals surface area contributed by atoms with Gasteiger partial charge in [0.15, 0.2) is 17.3 Å². The van der Waals surface area contributed by atoms with Crippen molar-refractivity contribution in [2.75, 3.05) is 22.9 Å². The van der Waals surface area contributed by atoms with Crippen LogP contribution in [0.3, 0.4) is 0 Å². The van der Waals surface area contributed by atoms with Crippen LogP contribution in [0.1, 0.15) is 12.1 Å². The molecule has 5 heterocycles. The molecule has 9 nitrogen and oxygen atoms in total. The quantitative estimate of drug-likeness (QED) is 0.663. The highest BCUT2D eigenvalue weighted by Gasteiger charge is 2.45. The molecule has 118 valence electrons.